The molecule has 174 valence electrons. The number of benzene rings is 2. The van der Waals surface area contributed by atoms with Gasteiger partial charge in [0.15, 0.2) is 0 Å². The molecule has 1 saturated carbocycles. The van der Waals surface area contributed by atoms with E-state index in [2.05, 4.69) is 34.9 Å². The molecule has 3 N–H and O–H groups in total. The molecule has 4 atom stereocenters. The molecular formula is C26H30N2O5. The van der Waals surface area contributed by atoms with Crippen molar-refractivity contribution in [3.8, 4) is 11.1 Å². The van der Waals surface area contributed by atoms with Gasteiger partial charge in [0.05, 0.1) is 5.92 Å². The van der Waals surface area contributed by atoms with Crippen LogP contribution in [0.3, 0.4) is 0 Å². The van der Waals surface area contributed by atoms with Crippen molar-refractivity contribution in [1.82, 2.24) is 10.6 Å². The van der Waals surface area contributed by atoms with Crippen molar-refractivity contribution < 1.29 is 24.2 Å². The molecule has 0 aliphatic heterocycles. The molecule has 7 heteroatoms. The molecule has 2 amide bonds. The Morgan fingerprint density at radius 2 is 1.67 bits per heavy atom. The van der Waals surface area contributed by atoms with E-state index < -0.39 is 18.1 Å². The molecular weight excluding hydrogens is 420 g/mol. The number of rotatable bonds is 9. The zero-order valence-electron chi connectivity index (χ0n) is 18.9. The van der Waals surface area contributed by atoms with Crippen molar-refractivity contribution in [2.75, 3.05) is 13.2 Å². The number of aliphatic carboxylic acids is 1. The van der Waals surface area contributed by atoms with E-state index in [-0.39, 0.29) is 36.2 Å². The van der Waals surface area contributed by atoms with Gasteiger partial charge in [0.2, 0.25) is 5.91 Å². The molecule has 7 nitrogen and oxygen atoms in total. The Bertz CT molecular complexity index is 1010. The van der Waals surface area contributed by atoms with E-state index in [1.54, 1.807) is 0 Å². The fourth-order valence-corrected chi connectivity index (χ4v) is 4.59. The van der Waals surface area contributed by atoms with E-state index >= 15 is 0 Å². The molecule has 0 aromatic heterocycles. The molecule has 2 aliphatic rings. The maximum Gasteiger partial charge on any atom is 0.407 e. The fourth-order valence-electron chi connectivity index (χ4n) is 4.59. The number of nitrogens with one attached hydrogen (secondary N) is 2. The largest absolute Gasteiger partial charge is 0.481 e. The van der Waals surface area contributed by atoms with Crippen LogP contribution >= 0.6 is 0 Å². The fraction of sp³-hybridized carbons (Fsp3) is 0.423. The standard InChI is InChI=1S/C26H30N2O5/c1-3-15(2)23(24(29)27-13-16-12-21(16)25(30)31)28-26(32)33-14-22-19-10-6-4-8-17(19)18-9-5-7-11-20(18)22/h4-11,15-16,21-23H,3,12-14H2,1-2H3,(H,27,29)(H,28,32)(H,30,31)/t15?,16?,21?,23-/m0/s1. The van der Waals surface area contributed by atoms with E-state index in [4.69, 9.17) is 9.84 Å². The summed E-state index contributed by atoms with van der Waals surface area (Å²) in [5.41, 5.74) is 4.55. The second-order valence-corrected chi connectivity index (χ2v) is 9.02. The lowest BCUT2D eigenvalue weighted by atomic mass is 9.98. The molecule has 2 aromatic carbocycles. The first-order valence-electron chi connectivity index (χ1n) is 11.5. The number of carbonyl (C=O) groups excluding carboxylic acids is 2. The Kier molecular flexibility index (Phi) is 6.67. The summed E-state index contributed by atoms with van der Waals surface area (Å²) >= 11 is 0. The van der Waals surface area contributed by atoms with Crippen LogP contribution in [0.25, 0.3) is 11.1 Å². The summed E-state index contributed by atoms with van der Waals surface area (Å²) in [5.74, 6) is -1.72. The van der Waals surface area contributed by atoms with Crippen molar-refractivity contribution in [1.29, 1.82) is 0 Å². The zero-order valence-corrected chi connectivity index (χ0v) is 18.9. The summed E-state index contributed by atoms with van der Waals surface area (Å²) in [6.45, 7) is 4.32. The first kappa shape index (κ1) is 22.8. The molecule has 3 unspecified atom stereocenters. The van der Waals surface area contributed by atoms with Gasteiger partial charge in [-0.1, -0.05) is 68.8 Å². The third-order valence-corrected chi connectivity index (χ3v) is 6.89. The van der Waals surface area contributed by atoms with Gasteiger partial charge in [0.25, 0.3) is 0 Å². The lowest BCUT2D eigenvalue weighted by Crippen LogP contribution is -2.50. The Labute approximate surface area is 193 Å². The van der Waals surface area contributed by atoms with Gasteiger partial charge in [-0.25, -0.2) is 4.79 Å². The van der Waals surface area contributed by atoms with Gasteiger partial charge >= 0.3 is 12.1 Å². The normalized spacial score (nSPS) is 20.2. The second kappa shape index (κ2) is 9.65. The van der Waals surface area contributed by atoms with E-state index in [0.29, 0.717) is 19.4 Å². The number of hydrogen-bond acceptors (Lipinski definition) is 4. The number of amides is 2. The first-order chi connectivity index (χ1) is 15.9. The van der Waals surface area contributed by atoms with Crippen LogP contribution in [0.1, 0.15) is 43.7 Å². The van der Waals surface area contributed by atoms with Crippen LogP contribution in [0.4, 0.5) is 4.79 Å². The van der Waals surface area contributed by atoms with E-state index in [0.717, 1.165) is 22.3 Å². The molecule has 2 aromatic rings. The van der Waals surface area contributed by atoms with Gasteiger partial charge in [0.1, 0.15) is 12.6 Å². The highest BCUT2D eigenvalue weighted by atomic mass is 16.5. The quantitative estimate of drug-likeness (QED) is 0.539. The molecule has 0 saturated heterocycles. The average Bonchev–Trinajstić information content (AvgIpc) is 3.55. The predicted molar refractivity (Wildman–Crippen MR) is 124 cm³/mol. The second-order valence-electron chi connectivity index (χ2n) is 9.02. The SMILES string of the molecule is CCC(C)[C@H](NC(=O)OCC1c2ccccc2-c2ccccc21)C(=O)NCC1CC1C(=O)O. The molecule has 0 spiro atoms. The van der Waals surface area contributed by atoms with Gasteiger partial charge in [-0.05, 0) is 40.5 Å². The number of hydrogen-bond donors (Lipinski definition) is 3. The van der Waals surface area contributed by atoms with Gasteiger partial charge < -0.3 is 20.5 Å². The lowest BCUT2D eigenvalue weighted by molar-refractivity contribution is -0.139. The van der Waals surface area contributed by atoms with E-state index in [9.17, 15) is 14.4 Å². The van der Waals surface area contributed by atoms with Gasteiger partial charge in [0, 0.05) is 12.5 Å². The van der Waals surface area contributed by atoms with Crippen LogP contribution in [-0.4, -0.2) is 42.3 Å². The van der Waals surface area contributed by atoms with Crippen molar-refractivity contribution >= 4 is 18.0 Å². The highest BCUT2D eigenvalue weighted by Crippen LogP contribution is 2.44. The number of carbonyl (C=O) groups is 3. The monoisotopic (exact) mass is 450 g/mol. The van der Waals surface area contributed by atoms with Crippen molar-refractivity contribution in [3.63, 3.8) is 0 Å². The van der Waals surface area contributed by atoms with Gasteiger partial charge in [-0.2, -0.15) is 0 Å². The summed E-state index contributed by atoms with van der Waals surface area (Å²) in [4.78, 5) is 36.4. The van der Waals surface area contributed by atoms with Gasteiger partial charge in [-0.15, -0.1) is 0 Å². The first-order valence-corrected chi connectivity index (χ1v) is 11.5. The highest BCUT2D eigenvalue weighted by molar-refractivity contribution is 5.86. The minimum Gasteiger partial charge on any atom is -0.481 e. The number of ether oxygens (including phenoxy) is 1. The Hall–Kier alpha value is -3.35. The summed E-state index contributed by atoms with van der Waals surface area (Å²) in [5, 5.41) is 14.6. The molecule has 2 aliphatic carbocycles. The van der Waals surface area contributed by atoms with Crippen LogP contribution in [0.15, 0.2) is 48.5 Å². The number of alkyl carbamates (subject to hydrolysis) is 1. The van der Waals surface area contributed by atoms with E-state index in [1.165, 1.54) is 0 Å². The van der Waals surface area contributed by atoms with Crippen LogP contribution in [0, 0.1) is 17.8 Å². The third-order valence-electron chi connectivity index (χ3n) is 6.89. The summed E-state index contributed by atoms with van der Waals surface area (Å²) in [7, 11) is 0. The van der Waals surface area contributed by atoms with Crippen molar-refractivity contribution in [2.24, 2.45) is 17.8 Å². The summed E-state index contributed by atoms with van der Waals surface area (Å²) in [6.07, 6.45) is 0.638. The highest BCUT2D eigenvalue weighted by Gasteiger charge is 2.43. The predicted octanol–water partition coefficient (Wildman–Crippen LogP) is 3.78. The maximum atomic E-state index is 12.7. The molecule has 33 heavy (non-hydrogen) atoms. The molecule has 4 rings (SSSR count). The minimum absolute atomic E-state index is 0.0431. The number of carboxylic acid groups (broad SMARTS) is 1. The smallest absolute Gasteiger partial charge is 0.407 e. The lowest BCUT2D eigenvalue weighted by Gasteiger charge is -2.24. The van der Waals surface area contributed by atoms with Crippen LogP contribution in [-0.2, 0) is 14.3 Å². The van der Waals surface area contributed by atoms with Crippen LogP contribution in [0.5, 0.6) is 0 Å². The summed E-state index contributed by atoms with van der Waals surface area (Å²) in [6, 6.07) is 15.5. The van der Waals surface area contributed by atoms with Crippen LogP contribution in [0.2, 0.25) is 0 Å². The van der Waals surface area contributed by atoms with Crippen molar-refractivity contribution in [2.45, 2.75) is 38.6 Å². The van der Waals surface area contributed by atoms with Crippen molar-refractivity contribution in [3.05, 3.63) is 59.7 Å². The van der Waals surface area contributed by atoms with E-state index in [1.807, 2.05) is 38.1 Å². The Morgan fingerprint density at radius 3 is 2.21 bits per heavy atom. The average molecular weight is 451 g/mol. The maximum absolute atomic E-state index is 12.7. The molecule has 0 radical (unpaired) electrons. The molecule has 1 fully saturated rings. The third kappa shape index (κ3) is 4.87. The molecule has 0 heterocycles. The number of fused-ring (bicyclic) bond motifs is 3. The zero-order chi connectivity index (χ0) is 23.5. The summed E-state index contributed by atoms with van der Waals surface area (Å²) < 4.78 is 5.59. The van der Waals surface area contributed by atoms with Gasteiger partial charge in [-0.3, -0.25) is 9.59 Å². The molecule has 0 bridgehead atoms. The Balaban J connectivity index is 1.36. The topological polar surface area (TPSA) is 105 Å². The minimum atomic E-state index is -0.829. The Morgan fingerprint density at radius 1 is 1.06 bits per heavy atom. The number of carboxylic acids is 1. The van der Waals surface area contributed by atoms with Crippen LogP contribution < -0.4 is 10.6 Å².